The van der Waals surface area contributed by atoms with E-state index >= 15 is 0 Å². The topological polar surface area (TPSA) is 84.1 Å². The first-order chi connectivity index (χ1) is 16.2. The number of piperazine rings is 1. The lowest BCUT2D eigenvalue weighted by molar-refractivity contribution is 0.0928. The first-order valence-corrected chi connectivity index (χ1v) is 12.0. The van der Waals surface area contributed by atoms with E-state index in [1.165, 1.54) is 0 Å². The Balaban J connectivity index is 1.64. The lowest BCUT2D eigenvalue weighted by atomic mass is 10.1. The van der Waals surface area contributed by atoms with E-state index in [1.807, 2.05) is 47.5 Å². The molecule has 9 heteroatoms. The summed E-state index contributed by atoms with van der Waals surface area (Å²) in [5.41, 5.74) is 2.40. The maximum atomic E-state index is 13.0. The normalized spacial score (nSPS) is 15.2. The first kappa shape index (κ1) is 23.9. The number of carbonyl (C=O) groups excluding carboxylic acids is 1. The number of nitrogens with one attached hydrogen (secondary N) is 1. The zero-order chi connectivity index (χ0) is 24.3. The zero-order valence-corrected chi connectivity index (χ0v) is 20.9. The van der Waals surface area contributed by atoms with Crippen LogP contribution in [0.3, 0.4) is 0 Å². The molecule has 0 spiro atoms. The fraction of sp³-hybridized carbons (Fsp3) is 0.520. The van der Waals surface area contributed by atoms with Crippen molar-refractivity contribution >= 4 is 11.9 Å². The number of hydrogen-bond donors (Lipinski definition) is 1. The van der Waals surface area contributed by atoms with Gasteiger partial charge in [-0.1, -0.05) is 24.3 Å². The molecule has 0 aliphatic carbocycles. The Kier molecular flexibility index (Phi) is 7.02. The van der Waals surface area contributed by atoms with E-state index in [0.29, 0.717) is 18.9 Å². The Morgan fingerprint density at radius 2 is 1.68 bits per heavy atom. The van der Waals surface area contributed by atoms with Crippen LogP contribution in [0.15, 0.2) is 42.7 Å². The minimum atomic E-state index is -0.202. The van der Waals surface area contributed by atoms with Gasteiger partial charge in [-0.25, -0.2) is 0 Å². The van der Waals surface area contributed by atoms with Gasteiger partial charge in [-0.3, -0.25) is 18.9 Å². The number of hydrogen-bond acceptors (Lipinski definition) is 6. The van der Waals surface area contributed by atoms with Crippen molar-refractivity contribution in [2.45, 2.75) is 59.3 Å². The molecule has 3 aromatic rings. The lowest BCUT2D eigenvalue weighted by Crippen LogP contribution is -2.54. The molecule has 0 radical (unpaired) electrons. The third kappa shape index (κ3) is 5.47. The smallest absolute Gasteiger partial charge is 0.289 e. The summed E-state index contributed by atoms with van der Waals surface area (Å²) in [5.74, 6) is 0.888. The quantitative estimate of drug-likeness (QED) is 0.579. The molecular formula is C25H36N8O. The van der Waals surface area contributed by atoms with Crippen LogP contribution < -0.4 is 10.2 Å². The monoisotopic (exact) mass is 464 g/mol. The summed E-state index contributed by atoms with van der Waals surface area (Å²) in [4.78, 5) is 17.7. The third-order valence-electron chi connectivity index (χ3n) is 6.20. The minimum absolute atomic E-state index is 0.0172. The largest absolute Gasteiger partial charge is 0.347 e. The zero-order valence-electron chi connectivity index (χ0n) is 20.9. The fourth-order valence-corrected chi connectivity index (χ4v) is 4.35. The second kappa shape index (κ2) is 9.97. The molecule has 2 aromatic heterocycles. The first-order valence-electron chi connectivity index (χ1n) is 12.0. The molecule has 0 bridgehead atoms. The Bertz CT molecular complexity index is 1090. The molecule has 0 atom stereocenters. The van der Waals surface area contributed by atoms with Crippen molar-refractivity contribution in [3.63, 3.8) is 0 Å². The molecule has 34 heavy (non-hydrogen) atoms. The molecule has 4 rings (SSSR count). The van der Waals surface area contributed by atoms with E-state index < -0.39 is 0 Å². The molecule has 182 valence electrons. The third-order valence-corrected chi connectivity index (χ3v) is 6.20. The predicted octanol–water partition coefficient (Wildman–Crippen LogP) is 2.63. The summed E-state index contributed by atoms with van der Waals surface area (Å²) in [6.07, 6.45) is 3.74. The highest BCUT2D eigenvalue weighted by molar-refractivity contribution is 5.91. The average Bonchev–Trinajstić information content (AvgIpc) is 3.44. The van der Waals surface area contributed by atoms with Crippen molar-refractivity contribution in [2.75, 3.05) is 31.1 Å². The standard InChI is InChI=1S/C25H36N8O/c1-19(2)27-23(34)22-28-29-24(30-13-15-31(16-14-30)25(3,4)5)33(22)18-21-10-7-6-9-20(21)17-32-12-8-11-26-32/h6-12,19H,13-18H2,1-5H3,(H,27,34). The average molecular weight is 465 g/mol. The van der Waals surface area contributed by atoms with Crippen LogP contribution in [0.25, 0.3) is 0 Å². The van der Waals surface area contributed by atoms with Crippen LogP contribution >= 0.6 is 0 Å². The SMILES string of the molecule is CC(C)NC(=O)c1nnc(N2CCN(C(C)(C)C)CC2)n1Cc1ccccc1Cn1cccn1. The van der Waals surface area contributed by atoms with Crippen LogP contribution in [-0.4, -0.2) is 73.1 Å². The highest BCUT2D eigenvalue weighted by Gasteiger charge is 2.29. The molecular weight excluding hydrogens is 428 g/mol. The predicted molar refractivity (Wildman–Crippen MR) is 133 cm³/mol. The van der Waals surface area contributed by atoms with Crippen LogP contribution in [-0.2, 0) is 13.1 Å². The molecule has 0 unspecified atom stereocenters. The molecule has 1 aliphatic rings. The van der Waals surface area contributed by atoms with Gasteiger partial charge in [0.05, 0.1) is 13.1 Å². The molecule has 1 aliphatic heterocycles. The number of anilines is 1. The van der Waals surface area contributed by atoms with Crippen molar-refractivity contribution in [1.29, 1.82) is 0 Å². The summed E-state index contributed by atoms with van der Waals surface area (Å²) in [5, 5.41) is 16.2. The maximum Gasteiger partial charge on any atom is 0.289 e. The molecule has 9 nitrogen and oxygen atoms in total. The van der Waals surface area contributed by atoms with Crippen LogP contribution in [0.4, 0.5) is 5.95 Å². The maximum absolute atomic E-state index is 13.0. The van der Waals surface area contributed by atoms with Crippen LogP contribution in [0.2, 0.25) is 0 Å². The number of amides is 1. The number of carbonyl (C=O) groups is 1. The van der Waals surface area contributed by atoms with E-state index in [-0.39, 0.29) is 17.5 Å². The van der Waals surface area contributed by atoms with Gasteiger partial charge in [-0.15, -0.1) is 10.2 Å². The van der Waals surface area contributed by atoms with E-state index in [0.717, 1.165) is 43.3 Å². The van der Waals surface area contributed by atoms with E-state index in [4.69, 9.17) is 0 Å². The van der Waals surface area contributed by atoms with Crippen molar-refractivity contribution in [3.8, 4) is 0 Å². The van der Waals surface area contributed by atoms with Gasteiger partial charge in [-0.05, 0) is 51.8 Å². The minimum Gasteiger partial charge on any atom is -0.347 e. The van der Waals surface area contributed by atoms with E-state index in [2.05, 4.69) is 63.3 Å². The molecule has 1 amide bonds. The van der Waals surface area contributed by atoms with Gasteiger partial charge in [0, 0.05) is 50.2 Å². The molecule has 3 heterocycles. The van der Waals surface area contributed by atoms with Gasteiger partial charge in [0.15, 0.2) is 0 Å². The van der Waals surface area contributed by atoms with Crippen molar-refractivity contribution < 1.29 is 4.79 Å². The lowest BCUT2D eigenvalue weighted by Gasteiger charge is -2.42. The van der Waals surface area contributed by atoms with Crippen LogP contribution in [0.5, 0.6) is 0 Å². The van der Waals surface area contributed by atoms with E-state index in [1.54, 1.807) is 6.20 Å². The summed E-state index contributed by atoms with van der Waals surface area (Å²) in [7, 11) is 0. The van der Waals surface area contributed by atoms with Gasteiger partial charge >= 0.3 is 0 Å². The Morgan fingerprint density at radius 3 is 2.26 bits per heavy atom. The Labute approximate surface area is 201 Å². The van der Waals surface area contributed by atoms with Gasteiger partial charge in [0.1, 0.15) is 0 Å². The molecule has 1 saturated heterocycles. The summed E-state index contributed by atoms with van der Waals surface area (Å²) in [6.45, 7) is 15.4. The van der Waals surface area contributed by atoms with Gasteiger partial charge in [0.25, 0.3) is 5.91 Å². The molecule has 1 fully saturated rings. The highest BCUT2D eigenvalue weighted by atomic mass is 16.2. The van der Waals surface area contributed by atoms with E-state index in [9.17, 15) is 4.79 Å². The number of rotatable bonds is 7. The second-order valence-electron chi connectivity index (χ2n) is 10.2. The van der Waals surface area contributed by atoms with Gasteiger partial charge < -0.3 is 10.2 Å². The van der Waals surface area contributed by atoms with Gasteiger partial charge in [0.2, 0.25) is 11.8 Å². The molecule has 1 N–H and O–H groups in total. The highest BCUT2D eigenvalue weighted by Crippen LogP contribution is 2.23. The fourth-order valence-electron chi connectivity index (χ4n) is 4.35. The number of benzene rings is 1. The van der Waals surface area contributed by atoms with Crippen molar-refractivity contribution in [1.82, 2.24) is 34.8 Å². The van der Waals surface area contributed by atoms with Crippen LogP contribution in [0, 0.1) is 0 Å². The Hall–Kier alpha value is -3.20. The van der Waals surface area contributed by atoms with Gasteiger partial charge in [-0.2, -0.15) is 5.10 Å². The summed E-state index contributed by atoms with van der Waals surface area (Å²) in [6, 6.07) is 10.2. The summed E-state index contributed by atoms with van der Waals surface area (Å²) >= 11 is 0. The van der Waals surface area contributed by atoms with Crippen molar-refractivity contribution in [3.05, 3.63) is 59.7 Å². The number of nitrogens with zero attached hydrogens (tertiary/aromatic N) is 7. The molecule has 1 aromatic carbocycles. The second-order valence-corrected chi connectivity index (χ2v) is 10.2. The molecule has 0 saturated carbocycles. The number of aromatic nitrogens is 5. The van der Waals surface area contributed by atoms with Crippen LogP contribution in [0.1, 0.15) is 56.4 Å². The summed E-state index contributed by atoms with van der Waals surface area (Å²) < 4.78 is 3.87. The van der Waals surface area contributed by atoms with Crippen molar-refractivity contribution in [2.24, 2.45) is 0 Å². The Morgan fingerprint density at radius 1 is 1.00 bits per heavy atom.